The van der Waals surface area contributed by atoms with Gasteiger partial charge in [0.05, 0.1) is 0 Å². The average Bonchev–Trinajstić information content (AvgIpc) is 3.29. The first kappa shape index (κ1) is 21.0. The minimum Gasteiger partial charge on any atom is -0.484 e. The van der Waals surface area contributed by atoms with Gasteiger partial charge in [-0.2, -0.15) is 0 Å². The number of likely N-dealkylation sites (tertiary alicyclic amines) is 1. The smallest absolute Gasteiger partial charge is 0.260 e. The Morgan fingerprint density at radius 3 is 2.81 bits per heavy atom. The van der Waals surface area contributed by atoms with E-state index in [-0.39, 0.29) is 24.2 Å². The van der Waals surface area contributed by atoms with Crippen LogP contribution in [0.3, 0.4) is 0 Å². The van der Waals surface area contributed by atoms with Crippen LogP contribution in [0.25, 0.3) is 5.82 Å². The second kappa shape index (κ2) is 9.29. The molecule has 1 aliphatic rings. The fraction of sp³-hybridized carbons (Fsp3) is 0.375. The molecule has 0 N–H and O–H groups in total. The number of piperidine rings is 1. The van der Waals surface area contributed by atoms with Gasteiger partial charge in [-0.25, -0.2) is 14.4 Å². The van der Waals surface area contributed by atoms with Gasteiger partial charge >= 0.3 is 0 Å². The second-order valence-electron chi connectivity index (χ2n) is 8.15. The molecule has 3 aromatic rings. The first-order valence-corrected chi connectivity index (χ1v) is 10.7. The molecule has 31 heavy (non-hydrogen) atoms. The van der Waals surface area contributed by atoms with Crippen molar-refractivity contribution in [2.24, 2.45) is 0 Å². The van der Waals surface area contributed by atoms with Crippen LogP contribution in [0.2, 0.25) is 0 Å². The normalized spacial score (nSPS) is 16.5. The Morgan fingerprint density at radius 2 is 2.03 bits per heavy atom. The SMILES string of the molecule is CC(C)c1nccn1-c1cccc([C@H]2CCCN(C(=O)COc3ccc(F)cc3)C2)n1. The quantitative estimate of drug-likeness (QED) is 0.594. The molecule has 0 radical (unpaired) electrons. The fourth-order valence-corrected chi connectivity index (χ4v) is 3.95. The van der Waals surface area contributed by atoms with Crippen molar-refractivity contribution in [1.29, 1.82) is 0 Å². The summed E-state index contributed by atoms with van der Waals surface area (Å²) < 4.78 is 20.6. The van der Waals surface area contributed by atoms with E-state index >= 15 is 0 Å². The van der Waals surface area contributed by atoms with E-state index in [4.69, 9.17) is 9.72 Å². The molecule has 162 valence electrons. The standard InChI is InChI=1S/C24H27FN4O2/c1-17(2)24-26-12-14-29(24)22-7-3-6-21(27-22)18-5-4-13-28(15-18)23(30)16-31-20-10-8-19(25)9-11-20/h3,6-12,14,17-18H,4-5,13,15-16H2,1-2H3/t18-/m0/s1. The highest BCUT2D eigenvalue weighted by Gasteiger charge is 2.26. The Labute approximate surface area is 181 Å². The Kier molecular flexibility index (Phi) is 6.30. The number of carbonyl (C=O) groups is 1. The highest BCUT2D eigenvalue weighted by Crippen LogP contribution is 2.27. The van der Waals surface area contributed by atoms with Crippen molar-refractivity contribution in [2.75, 3.05) is 19.7 Å². The molecule has 1 aromatic carbocycles. The predicted octanol–water partition coefficient (Wildman–Crippen LogP) is 4.31. The van der Waals surface area contributed by atoms with Crippen LogP contribution in [0.5, 0.6) is 5.75 Å². The largest absolute Gasteiger partial charge is 0.484 e. The summed E-state index contributed by atoms with van der Waals surface area (Å²) >= 11 is 0. The van der Waals surface area contributed by atoms with Crippen LogP contribution in [-0.2, 0) is 4.79 Å². The van der Waals surface area contributed by atoms with Crippen molar-refractivity contribution in [1.82, 2.24) is 19.4 Å². The van der Waals surface area contributed by atoms with E-state index in [1.807, 2.05) is 33.9 Å². The third-order valence-electron chi connectivity index (χ3n) is 5.56. The monoisotopic (exact) mass is 422 g/mol. The Bertz CT molecular complexity index is 1030. The van der Waals surface area contributed by atoms with E-state index < -0.39 is 0 Å². The maximum absolute atomic E-state index is 13.0. The highest BCUT2D eigenvalue weighted by molar-refractivity contribution is 5.78. The van der Waals surface area contributed by atoms with Crippen LogP contribution in [-0.4, -0.2) is 45.0 Å². The van der Waals surface area contributed by atoms with Crippen molar-refractivity contribution in [2.45, 2.75) is 38.5 Å². The van der Waals surface area contributed by atoms with Crippen molar-refractivity contribution < 1.29 is 13.9 Å². The molecule has 1 amide bonds. The summed E-state index contributed by atoms with van der Waals surface area (Å²) in [6, 6.07) is 11.7. The third-order valence-corrected chi connectivity index (χ3v) is 5.56. The summed E-state index contributed by atoms with van der Waals surface area (Å²) in [5.41, 5.74) is 0.984. The molecule has 4 rings (SSSR count). The molecule has 3 heterocycles. The summed E-state index contributed by atoms with van der Waals surface area (Å²) in [5, 5.41) is 0. The molecule has 0 bridgehead atoms. The van der Waals surface area contributed by atoms with Crippen LogP contribution in [0, 0.1) is 5.82 Å². The number of halogens is 1. The number of pyridine rings is 1. The zero-order valence-corrected chi connectivity index (χ0v) is 17.9. The van der Waals surface area contributed by atoms with Gasteiger partial charge in [0.15, 0.2) is 6.61 Å². The van der Waals surface area contributed by atoms with E-state index in [2.05, 4.69) is 18.8 Å². The number of benzene rings is 1. The lowest BCUT2D eigenvalue weighted by molar-refractivity contribution is -0.134. The van der Waals surface area contributed by atoms with Gasteiger partial charge in [0.2, 0.25) is 0 Å². The number of hydrogen-bond donors (Lipinski definition) is 0. The molecule has 7 heteroatoms. The molecule has 0 aliphatic carbocycles. The van der Waals surface area contributed by atoms with Gasteiger partial charge in [-0.15, -0.1) is 0 Å². The number of nitrogens with zero attached hydrogens (tertiary/aromatic N) is 4. The maximum Gasteiger partial charge on any atom is 0.260 e. The minimum absolute atomic E-state index is 0.0569. The van der Waals surface area contributed by atoms with Crippen molar-refractivity contribution >= 4 is 5.91 Å². The van der Waals surface area contributed by atoms with Crippen LogP contribution < -0.4 is 4.74 Å². The Morgan fingerprint density at radius 1 is 1.23 bits per heavy atom. The van der Waals surface area contributed by atoms with Gasteiger partial charge in [-0.1, -0.05) is 19.9 Å². The molecule has 1 atom stereocenters. The van der Waals surface area contributed by atoms with Gasteiger partial charge in [0.1, 0.15) is 23.2 Å². The molecule has 1 fully saturated rings. The molecule has 0 unspecified atom stereocenters. The number of imidazole rings is 1. The van der Waals surface area contributed by atoms with E-state index in [9.17, 15) is 9.18 Å². The number of amides is 1. The van der Waals surface area contributed by atoms with Crippen LogP contribution in [0.4, 0.5) is 4.39 Å². The maximum atomic E-state index is 13.0. The van der Waals surface area contributed by atoms with E-state index in [0.29, 0.717) is 24.8 Å². The van der Waals surface area contributed by atoms with Crippen molar-refractivity contribution in [3.05, 3.63) is 72.2 Å². The van der Waals surface area contributed by atoms with E-state index in [1.165, 1.54) is 24.3 Å². The summed E-state index contributed by atoms with van der Waals surface area (Å²) in [6.45, 7) is 5.49. The lowest BCUT2D eigenvalue weighted by atomic mass is 9.94. The molecular weight excluding hydrogens is 395 g/mol. The molecule has 0 spiro atoms. The summed E-state index contributed by atoms with van der Waals surface area (Å²) in [5.74, 6) is 2.38. The van der Waals surface area contributed by atoms with Crippen molar-refractivity contribution in [3.63, 3.8) is 0 Å². The number of hydrogen-bond acceptors (Lipinski definition) is 4. The number of ether oxygens (including phenoxy) is 1. The van der Waals surface area contributed by atoms with Gasteiger partial charge in [-0.3, -0.25) is 9.36 Å². The van der Waals surface area contributed by atoms with Gasteiger partial charge in [0.25, 0.3) is 5.91 Å². The fourth-order valence-electron chi connectivity index (χ4n) is 3.95. The third kappa shape index (κ3) is 4.93. The zero-order valence-electron chi connectivity index (χ0n) is 17.9. The van der Waals surface area contributed by atoms with Crippen LogP contribution in [0.15, 0.2) is 54.9 Å². The summed E-state index contributed by atoms with van der Waals surface area (Å²) in [4.78, 5) is 23.9. The van der Waals surface area contributed by atoms with E-state index in [0.717, 1.165) is 30.2 Å². The van der Waals surface area contributed by atoms with Gasteiger partial charge < -0.3 is 9.64 Å². The molecule has 0 saturated carbocycles. The Hall–Kier alpha value is -3.22. The van der Waals surface area contributed by atoms with E-state index in [1.54, 1.807) is 6.20 Å². The zero-order chi connectivity index (χ0) is 21.8. The minimum atomic E-state index is -0.330. The van der Waals surface area contributed by atoms with Gasteiger partial charge in [-0.05, 0) is 49.2 Å². The van der Waals surface area contributed by atoms with Gasteiger partial charge in [0, 0.05) is 43.0 Å². The average molecular weight is 423 g/mol. The second-order valence-corrected chi connectivity index (χ2v) is 8.15. The summed E-state index contributed by atoms with van der Waals surface area (Å²) in [6.07, 6.45) is 5.64. The number of aromatic nitrogens is 3. The highest BCUT2D eigenvalue weighted by atomic mass is 19.1. The first-order valence-electron chi connectivity index (χ1n) is 10.7. The molecule has 1 aliphatic heterocycles. The Balaban J connectivity index is 1.43. The van der Waals surface area contributed by atoms with Crippen LogP contribution in [0.1, 0.15) is 50.0 Å². The predicted molar refractivity (Wildman–Crippen MR) is 116 cm³/mol. The lowest BCUT2D eigenvalue weighted by Crippen LogP contribution is -2.41. The number of carbonyl (C=O) groups excluding carboxylic acids is 1. The molecular formula is C24H27FN4O2. The summed E-state index contributed by atoms with van der Waals surface area (Å²) in [7, 11) is 0. The first-order chi connectivity index (χ1) is 15.0. The lowest BCUT2D eigenvalue weighted by Gasteiger charge is -2.32. The van der Waals surface area contributed by atoms with Crippen molar-refractivity contribution in [3.8, 4) is 11.6 Å². The molecule has 2 aromatic heterocycles. The topological polar surface area (TPSA) is 60.2 Å². The molecule has 1 saturated heterocycles. The van der Waals surface area contributed by atoms with Crippen LogP contribution >= 0.6 is 0 Å². The molecule has 6 nitrogen and oxygen atoms in total. The number of rotatable bonds is 6.